The first-order valence-electron chi connectivity index (χ1n) is 6.56. The molecular formula is C16H14BrNO4S. The molecule has 5 nitrogen and oxygen atoms in total. The van der Waals surface area contributed by atoms with Crippen LogP contribution < -0.4 is 4.72 Å². The molecule has 2 rings (SSSR count). The van der Waals surface area contributed by atoms with Crippen molar-refractivity contribution in [3.8, 4) is 0 Å². The maximum atomic E-state index is 12.5. The van der Waals surface area contributed by atoms with Gasteiger partial charge in [0, 0.05) is 16.2 Å². The monoisotopic (exact) mass is 395 g/mol. The Balaban J connectivity index is 2.34. The summed E-state index contributed by atoms with van der Waals surface area (Å²) >= 11 is 3.29. The van der Waals surface area contributed by atoms with Gasteiger partial charge in [-0.2, -0.15) is 0 Å². The van der Waals surface area contributed by atoms with E-state index in [1.54, 1.807) is 42.5 Å². The lowest BCUT2D eigenvalue weighted by molar-refractivity contribution is -0.134. The molecule has 7 heteroatoms. The summed E-state index contributed by atoms with van der Waals surface area (Å²) in [5.74, 6) is -0.557. The molecule has 23 heavy (non-hydrogen) atoms. The summed E-state index contributed by atoms with van der Waals surface area (Å²) in [4.78, 5) is 11.3. The first-order valence-corrected chi connectivity index (χ1v) is 8.83. The Morgan fingerprint density at radius 2 is 1.78 bits per heavy atom. The highest BCUT2D eigenvalue weighted by Gasteiger charge is 2.17. The molecule has 0 saturated heterocycles. The lowest BCUT2D eigenvalue weighted by Crippen LogP contribution is -2.14. The van der Waals surface area contributed by atoms with Gasteiger partial charge in [-0.25, -0.2) is 13.2 Å². The number of hydrogen-bond donors (Lipinski definition) is 1. The topological polar surface area (TPSA) is 72.5 Å². The number of benzene rings is 2. The molecule has 0 aliphatic carbocycles. The first kappa shape index (κ1) is 17.2. The van der Waals surface area contributed by atoms with Gasteiger partial charge in [-0.05, 0) is 42.0 Å². The highest BCUT2D eigenvalue weighted by atomic mass is 79.9. The SMILES string of the molecule is COC(=O)C=Cc1ccccc1S(=O)(=O)Nc1ccc(Br)cc1. The molecule has 0 spiro atoms. The Bertz CT molecular complexity index is 829. The van der Waals surface area contributed by atoms with Gasteiger partial charge in [-0.3, -0.25) is 4.72 Å². The molecule has 0 fully saturated rings. The van der Waals surface area contributed by atoms with Crippen LogP contribution >= 0.6 is 15.9 Å². The third-order valence-electron chi connectivity index (χ3n) is 2.91. The number of nitrogens with one attached hydrogen (secondary N) is 1. The maximum Gasteiger partial charge on any atom is 0.330 e. The van der Waals surface area contributed by atoms with Crippen LogP contribution in [0, 0.1) is 0 Å². The molecule has 120 valence electrons. The van der Waals surface area contributed by atoms with E-state index in [2.05, 4.69) is 25.4 Å². The standard InChI is InChI=1S/C16H14BrNO4S/c1-22-16(19)11-6-12-4-2-3-5-15(12)23(20,21)18-14-9-7-13(17)8-10-14/h2-11,18H,1H3. The van der Waals surface area contributed by atoms with Crippen LogP contribution in [-0.4, -0.2) is 21.5 Å². The van der Waals surface area contributed by atoms with Gasteiger partial charge in [0.05, 0.1) is 12.0 Å². The van der Waals surface area contributed by atoms with Gasteiger partial charge in [-0.1, -0.05) is 34.1 Å². The fourth-order valence-corrected chi connectivity index (χ4v) is 3.34. The minimum Gasteiger partial charge on any atom is -0.466 e. The van der Waals surface area contributed by atoms with Gasteiger partial charge in [0.1, 0.15) is 0 Å². The Kier molecular flexibility index (Phi) is 5.57. The molecule has 0 radical (unpaired) electrons. The van der Waals surface area contributed by atoms with Gasteiger partial charge in [0.25, 0.3) is 10.0 Å². The normalized spacial score (nSPS) is 11.4. The summed E-state index contributed by atoms with van der Waals surface area (Å²) < 4.78 is 33.0. The fraction of sp³-hybridized carbons (Fsp3) is 0.0625. The van der Waals surface area contributed by atoms with Crippen molar-refractivity contribution in [2.75, 3.05) is 11.8 Å². The van der Waals surface area contributed by atoms with E-state index >= 15 is 0 Å². The molecule has 0 aromatic heterocycles. The molecule has 0 bridgehead atoms. The third kappa shape index (κ3) is 4.67. The summed E-state index contributed by atoms with van der Waals surface area (Å²) in [5.41, 5.74) is 0.836. The van der Waals surface area contributed by atoms with Crippen LogP contribution in [0.1, 0.15) is 5.56 Å². The molecule has 0 saturated carbocycles. The lowest BCUT2D eigenvalue weighted by atomic mass is 10.2. The molecule has 0 heterocycles. The van der Waals surface area contributed by atoms with E-state index in [-0.39, 0.29) is 4.90 Å². The number of esters is 1. The molecule has 0 aliphatic heterocycles. The highest BCUT2D eigenvalue weighted by molar-refractivity contribution is 9.10. The van der Waals surface area contributed by atoms with Crippen molar-refractivity contribution in [2.45, 2.75) is 4.90 Å². The van der Waals surface area contributed by atoms with E-state index in [0.717, 1.165) is 4.47 Å². The number of sulfonamides is 1. The molecule has 1 N–H and O–H groups in total. The molecular weight excluding hydrogens is 382 g/mol. The van der Waals surface area contributed by atoms with Crippen molar-refractivity contribution in [3.05, 3.63) is 64.6 Å². The van der Waals surface area contributed by atoms with Crippen molar-refractivity contribution in [3.63, 3.8) is 0 Å². The minimum atomic E-state index is -3.78. The number of hydrogen-bond acceptors (Lipinski definition) is 4. The molecule has 2 aromatic rings. The van der Waals surface area contributed by atoms with Crippen molar-refractivity contribution in [1.82, 2.24) is 0 Å². The Morgan fingerprint density at radius 3 is 2.43 bits per heavy atom. The molecule has 0 aliphatic rings. The summed E-state index contributed by atoms with van der Waals surface area (Å²) in [7, 11) is -2.53. The highest BCUT2D eigenvalue weighted by Crippen LogP contribution is 2.22. The van der Waals surface area contributed by atoms with E-state index in [1.165, 1.54) is 25.3 Å². The molecule has 0 atom stereocenters. The van der Waals surface area contributed by atoms with Gasteiger partial charge in [0.15, 0.2) is 0 Å². The van der Waals surface area contributed by atoms with E-state index in [9.17, 15) is 13.2 Å². The average molecular weight is 396 g/mol. The Hall–Kier alpha value is -2.12. The van der Waals surface area contributed by atoms with E-state index in [4.69, 9.17) is 0 Å². The van der Waals surface area contributed by atoms with Gasteiger partial charge in [-0.15, -0.1) is 0 Å². The number of carbonyl (C=O) groups is 1. The summed E-state index contributed by atoms with van der Waals surface area (Å²) in [6.07, 6.45) is 2.58. The number of ether oxygens (including phenoxy) is 1. The van der Waals surface area contributed by atoms with E-state index in [0.29, 0.717) is 11.3 Å². The van der Waals surface area contributed by atoms with Crippen molar-refractivity contribution in [2.24, 2.45) is 0 Å². The Morgan fingerprint density at radius 1 is 1.13 bits per heavy atom. The van der Waals surface area contributed by atoms with Crippen LogP contribution in [-0.2, 0) is 19.6 Å². The first-order chi connectivity index (χ1) is 10.9. The molecule has 0 unspecified atom stereocenters. The van der Waals surface area contributed by atoms with Crippen LogP contribution in [0.2, 0.25) is 0 Å². The number of rotatable bonds is 5. The minimum absolute atomic E-state index is 0.0723. The zero-order chi connectivity index (χ0) is 16.9. The quantitative estimate of drug-likeness (QED) is 0.621. The Labute approximate surface area is 143 Å². The van der Waals surface area contributed by atoms with Crippen LogP contribution in [0.3, 0.4) is 0 Å². The number of methoxy groups -OCH3 is 1. The molecule has 2 aromatic carbocycles. The second-order valence-corrected chi connectivity index (χ2v) is 7.07. The lowest BCUT2D eigenvalue weighted by Gasteiger charge is -2.10. The third-order valence-corrected chi connectivity index (χ3v) is 4.89. The van der Waals surface area contributed by atoms with Crippen LogP contribution in [0.15, 0.2) is 64.0 Å². The second kappa shape index (κ2) is 7.43. The van der Waals surface area contributed by atoms with Gasteiger partial charge < -0.3 is 4.74 Å². The van der Waals surface area contributed by atoms with Gasteiger partial charge >= 0.3 is 5.97 Å². The molecule has 0 amide bonds. The average Bonchev–Trinajstić information content (AvgIpc) is 2.54. The van der Waals surface area contributed by atoms with Crippen molar-refractivity contribution < 1.29 is 17.9 Å². The zero-order valence-electron chi connectivity index (χ0n) is 12.2. The predicted molar refractivity (Wildman–Crippen MR) is 92.4 cm³/mol. The largest absolute Gasteiger partial charge is 0.466 e. The fourth-order valence-electron chi connectivity index (χ4n) is 1.82. The van der Waals surface area contributed by atoms with Gasteiger partial charge in [0.2, 0.25) is 0 Å². The van der Waals surface area contributed by atoms with Crippen LogP contribution in [0.25, 0.3) is 6.08 Å². The summed E-state index contributed by atoms with van der Waals surface area (Å²) in [6.45, 7) is 0. The van der Waals surface area contributed by atoms with Crippen LogP contribution in [0.5, 0.6) is 0 Å². The second-order valence-electron chi connectivity index (χ2n) is 4.51. The maximum absolute atomic E-state index is 12.5. The smallest absolute Gasteiger partial charge is 0.330 e. The van der Waals surface area contributed by atoms with Crippen molar-refractivity contribution in [1.29, 1.82) is 0 Å². The van der Waals surface area contributed by atoms with E-state index < -0.39 is 16.0 Å². The predicted octanol–water partition coefficient (Wildman–Crippen LogP) is 3.44. The number of carbonyl (C=O) groups excluding carboxylic acids is 1. The summed E-state index contributed by atoms with van der Waals surface area (Å²) in [5, 5.41) is 0. The summed E-state index contributed by atoms with van der Waals surface area (Å²) in [6, 6.07) is 13.2. The number of anilines is 1. The zero-order valence-corrected chi connectivity index (χ0v) is 14.6. The van der Waals surface area contributed by atoms with E-state index in [1.807, 2.05) is 0 Å². The van der Waals surface area contributed by atoms with Crippen LogP contribution in [0.4, 0.5) is 5.69 Å². The van der Waals surface area contributed by atoms with Crippen molar-refractivity contribution >= 4 is 43.7 Å². The number of halogens is 1.